The van der Waals surface area contributed by atoms with E-state index in [1.54, 1.807) is 0 Å². The molecule has 2 N–H and O–H groups in total. The van der Waals surface area contributed by atoms with Gasteiger partial charge in [0.1, 0.15) is 0 Å². The van der Waals surface area contributed by atoms with Gasteiger partial charge in [0.15, 0.2) is 0 Å². The SMILES string of the molecule is Cc1ccc(C(=O)N2CCC(NC(=O)C3CCC3C(=O)O)CC2)cc1. The number of carbonyl (C=O) groups is 3. The molecule has 1 aromatic carbocycles. The molecule has 0 spiro atoms. The van der Waals surface area contributed by atoms with Crippen LogP contribution in [-0.2, 0) is 9.59 Å². The second-order valence-electron chi connectivity index (χ2n) is 7.07. The highest BCUT2D eigenvalue weighted by Crippen LogP contribution is 2.34. The van der Waals surface area contributed by atoms with E-state index in [4.69, 9.17) is 5.11 Å². The monoisotopic (exact) mass is 344 g/mol. The summed E-state index contributed by atoms with van der Waals surface area (Å²) >= 11 is 0. The fraction of sp³-hybridized carbons (Fsp3) is 0.526. The third-order valence-electron chi connectivity index (χ3n) is 5.36. The summed E-state index contributed by atoms with van der Waals surface area (Å²) in [4.78, 5) is 37.6. The maximum Gasteiger partial charge on any atom is 0.307 e. The van der Waals surface area contributed by atoms with E-state index >= 15 is 0 Å². The van der Waals surface area contributed by atoms with Gasteiger partial charge in [0.2, 0.25) is 5.91 Å². The predicted octanol–water partition coefficient (Wildman–Crippen LogP) is 1.83. The summed E-state index contributed by atoms with van der Waals surface area (Å²) in [5, 5.41) is 12.0. The van der Waals surface area contributed by atoms with Crippen molar-refractivity contribution in [3.63, 3.8) is 0 Å². The van der Waals surface area contributed by atoms with Gasteiger partial charge >= 0.3 is 5.97 Å². The third-order valence-corrected chi connectivity index (χ3v) is 5.36. The van der Waals surface area contributed by atoms with Crippen LogP contribution in [0.2, 0.25) is 0 Å². The molecule has 1 heterocycles. The number of carboxylic acid groups (broad SMARTS) is 1. The lowest BCUT2D eigenvalue weighted by molar-refractivity contribution is -0.153. The van der Waals surface area contributed by atoms with Gasteiger partial charge in [-0.2, -0.15) is 0 Å². The molecule has 1 aliphatic heterocycles. The molecule has 0 bridgehead atoms. The van der Waals surface area contributed by atoms with E-state index in [0.717, 1.165) is 5.56 Å². The molecule has 2 fully saturated rings. The van der Waals surface area contributed by atoms with E-state index in [-0.39, 0.29) is 17.9 Å². The number of hydrogen-bond acceptors (Lipinski definition) is 3. The molecule has 1 saturated carbocycles. The fourth-order valence-corrected chi connectivity index (χ4v) is 3.52. The molecule has 134 valence electrons. The highest BCUT2D eigenvalue weighted by Gasteiger charge is 2.42. The Hall–Kier alpha value is -2.37. The van der Waals surface area contributed by atoms with Crippen molar-refractivity contribution >= 4 is 17.8 Å². The van der Waals surface area contributed by atoms with Crippen molar-refractivity contribution in [3.8, 4) is 0 Å². The van der Waals surface area contributed by atoms with Crippen molar-refractivity contribution in [2.75, 3.05) is 13.1 Å². The van der Waals surface area contributed by atoms with Crippen LogP contribution in [0.25, 0.3) is 0 Å². The summed E-state index contributed by atoms with van der Waals surface area (Å²) in [5.74, 6) is -1.95. The van der Waals surface area contributed by atoms with Crippen molar-refractivity contribution < 1.29 is 19.5 Å². The molecular formula is C19H24N2O4. The van der Waals surface area contributed by atoms with E-state index in [1.165, 1.54) is 0 Å². The van der Waals surface area contributed by atoms with Gasteiger partial charge < -0.3 is 15.3 Å². The van der Waals surface area contributed by atoms with Gasteiger partial charge in [-0.3, -0.25) is 14.4 Å². The summed E-state index contributed by atoms with van der Waals surface area (Å²) in [6, 6.07) is 7.56. The molecule has 2 unspecified atom stereocenters. The molecule has 1 saturated heterocycles. The van der Waals surface area contributed by atoms with Gasteiger partial charge in [0.25, 0.3) is 5.91 Å². The first-order valence-corrected chi connectivity index (χ1v) is 8.85. The standard InChI is InChI=1S/C19H24N2O4/c1-12-2-4-13(5-3-12)18(23)21-10-8-14(9-11-21)20-17(22)15-6-7-16(15)19(24)25/h2-5,14-16H,6-11H2,1H3,(H,20,22)(H,24,25). The van der Waals surface area contributed by atoms with E-state index < -0.39 is 17.8 Å². The number of piperidine rings is 1. The molecule has 6 nitrogen and oxygen atoms in total. The summed E-state index contributed by atoms with van der Waals surface area (Å²) in [6.45, 7) is 3.19. The Morgan fingerprint density at radius 3 is 2.12 bits per heavy atom. The van der Waals surface area contributed by atoms with Crippen LogP contribution in [0, 0.1) is 18.8 Å². The number of likely N-dealkylation sites (tertiary alicyclic amines) is 1. The quantitative estimate of drug-likeness (QED) is 0.872. The van der Waals surface area contributed by atoms with Gasteiger partial charge in [-0.1, -0.05) is 17.7 Å². The Morgan fingerprint density at radius 2 is 1.60 bits per heavy atom. The number of benzene rings is 1. The number of nitrogens with one attached hydrogen (secondary N) is 1. The topological polar surface area (TPSA) is 86.7 Å². The highest BCUT2D eigenvalue weighted by molar-refractivity contribution is 5.94. The average molecular weight is 344 g/mol. The first kappa shape index (κ1) is 17.5. The van der Waals surface area contributed by atoms with Crippen LogP contribution in [0.1, 0.15) is 41.6 Å². The zero-order chi connectivity index (χ0) is 18.0. The zero-order valence-corrected chi connectivity index (χ0v) is 14.4. The van der Waals surface area contributed by atoms with Gasteiger partial charge in [-0.15, -0.1) is 0 Å². The van der Waals surface area contributed by atoms with Crippen LogP contribution in [0.4, 0.5) is 0 Å². The maximum absolute atomic E-state index is 12.5. The number of aliphatic carboxylic acids is 1. The molecule has 2 atom stereocenters. The molecule has 0 radical (unpaired) electrons. The molecule has 3 rings (SSSR count). The lowest BCUT2D eigenvalue weighted by Crippen LogP contribution is -2.51. The first-order valence-electron chi connectivity index (χ1n) is 8.85. The zero-order valence-electron chi connectivity index (χ0n) is 14.4. The minimum Gasteiger partial charge on any atom is -0.481 e. The molecule has 1 aromatic rings. The van der Waals surface area contributed by atoms with Crippen molar-refractivity contribution in [1.82, 2.24) is 10.2 Å². The minimum atomic E-state index is -0.884. The maximum atomic E-state index is 12.5. The number of nitrogens with zero attached hydrogens (tertiary/aromatic N) is 1. The molecule has 1 aliphatic carbocycles. The van der Waals surface area contributed by atoms with Crippen molar-refractivity contribution in [1.29, 1.82) is 0 Å². The van der Waals surface area contributed by atoms with Crippen LogP contribution in [0.5, 0.6) is 0 Å². The predicted molar refractivity (Wildman–Crippen MR) is 92.1 cm³/mol. The number of rotatable bonds is 4. The largest absolute Gasteiger partial charge is 0.481 e. The van der Waals surface area contributed by atoms with Crippen molar-refractivity contribution in [2.45, 2.75) is 38.6 Å². The molecule has 0 aromatic heterocycles. The molecule has 2 aliphatic rings. The Kier molecular flexibility index (Phi) is 5.06. The Labute approximate surface area is 147 Å². The average Bonchev–Trinajstić information content (AvgIpc) is 2.54. The summed E-state index contributed by atoms with van der Waals surface area (Å²) < 4.78 is 0. The smallest absolute Gasteiger partial charge is 0.307 e. The van der Waals surface area contributed by atoms with E-state index in [0.29, 0.717) is 44.3 Å². The number of carbonyl (C=O) groups excluding carboxylic acids is 2. The highest BCUT2D eigenvalue weighted by atomic mass is 16.4. The normalized spacial score (nSPS) is 23.6. The first-order chi connectivity index (χ1) is 12.0. The van der Waals surface area contributed by atoms with Crippen LogP contribution in [-0.4, -0.2) is 46.9 Å². The Morgan fingerprint density at radius 1 is 1.00 bits per heavy atom. The Bertz CT molecular complexity index is 663. The van der Waals surface area contributed by atoms with Gasteiger partial charge in [-0.05, 0) is 44.7 Å². The van der Waals surface area contributed by atoms with E-state index in [1.807, 2.05) is 36.1 Å². The Balaban J connectivity index is 1.48. The van der Waals surface area contributed by atoms with Crippen LogP contribution in [0.15, 0.2) is 24.3 Å². The number of hydrogen-bond donors (Lipinski definition) is 2. The lowest BCUT2D eigenvalue weighted by atomic mass is 9.73. The molecule has 2 amide bonds. The van der Waals surface area contributed by atoms with Gasteiger partial charge in [0.05, 0.1) is 11.8 Å². The lowest BCUT2D eigenvalue weighted by Gasteiger charge is -2.36. The van der Waals surface area contributed by atoms with Gasteiger partial charge in [0, 0.05) is 24.7 Å². The van der Waals surface area contributed by atoms with Crippen molar-refractivity contribution in [3.05, 3.63) is 35.4 Å². The minimum absolute atomic E-state index is 0.0182. The summed E-state index contributed by atoms with van der Waals surface area (Å²) in [6.07, 6.45) is 2.63. The molecule has 25 heavy (non-hydrogen) atoms. The number of carboxylic acids is 1. The van der Waals surface area contributed by atoms with Crippen LogP contribution >= 0.6 is 0 Å². The van der Waals surface area contributed by atoms with Crippen LogP contribution in [0.3, 0.4) is 0 Å². The number of aryl methyl sites for hydroxylation is 1. The summed E-state index contributed by atoms with van der Waals surface area (Å²) in [5.41, 5.74) is 1.81. The second-order valence-corrected chi connectivity index (χ2v) is 7.07. The molecular weight excluding hydrogens is 320 g/mol. The van der Waals surface area contributed by atoms with E-state index in [9.17, 15) is 14.4 Å². The van der Waals surface area contributed by atoms with Crippen molar-refractivity contribution in [2.24, 2.45) is 11.8 Å². The third kappa shape index (κ3) is 3.83. The summed E-state index contributed by atoms with van der Waals surface area (Å²) in [7, 11) is 0. The van der Waals surface area contributed by atoms with Crippen LogP contribution < -0.4 is 5.32 Å². The van der Waals surface area contributed by atoms with E-state index in [2.05, 4.69) is 5.32 Å². The number of amides is 2. The fourth-order valence-electron chi connectivity index (χ4n) is 3.52. The second kappa shape index (κ2) is 7.25. The van der Waals surface area contributed by atoms with Gasteiger partial charge in [-0.25, -0.2) is 0 Å². The molecule has 6 heteroatoms.